The Morgan fingerprint density at radius 3 is 3.08 bits per heavy atom. The van der Waals surface area contributed by atoms with Crippen LogP contribution in [0.3, 0.4) is 0 Å². The van der Waals surface area contributed by atoms with E-state index in [0.717, 1.165) is 0 Å². The molecule has 0 saturated heterocycles. The zero-order valence-electron chi connectivity index (χ0n) is 6.30. The summed E-state index contributed by atoms with van der Waals surface area (Å²) in [6, 6.07) is 0. The lowest BCUT2D eigenvalue weighted by molar-refractivity contribution is 1.07. The van der Waals surface area contributed by atoms with Gasteiger partial charge in [-0.2, -0.15) is 0 Å². The molecule has 1 aromatic rings. The smallest absolute Gasteiger partial charge is 0.311 e. The zero-order chi connectivity index (χ0) is 8.81. The third kappa shape index (κ3) is 2.77. The van der Waals surface area contributed by atoms with E-state index in [1.165, 1.54) is 12.4 Å². The molecule has 12 heavy (non-hydrogen) atoms. The van der Waals surface area contributed by atoms with Crippen molar-refractivity contribution in [2.75, 3.05) is 5.88 Å². The standard InChI is InChI=1S/C8H7ClN2O/c9-4-2-1-3-7-5-10-8(12)11-6-7/h5-6H,2,4H2,(H,10,11,12). The molecule has 0 fully saturated rings. The van der Waals surface area contributed by atoms with Gasteiger partial charge in [0.05, 0.1) is 5.56 Å². The third-order valence-corrected chi connectivity index (χ3v) is 1.31. The minimum Gasteiger partial charge on any atom is -0.311 e. The van der Waals surface area contributed by atoms with Gasteiger partial charge in [0.1, 0.15) is 0 Å². The van der Waals surface area contributed by atoms with Gasteiger partial charge in [0, 0.05) is 24.7 Å². The van der Waals surface area contributed by atoms with Crippen molar-refractivity contribution >= 4 is 11.6 Å². The first kappa shape index (κ1) is 8.82. The van der Waals surface area contributed by atoms with Gasteiger partial charge in [0.2, 0.25) is 0 Å². The molecule has 62 valence electrons. The van der Waals surface area contributed by atoms with E-state index in [4.69, 9.17) is 11.6 Å². The minimum absolute atomic E-state index is 0.363. The van der Waals surface area contributed by atoms with Crippen molar-refractivity contribution in [3.63, 3.8) is 0 Å². The first-order valence-electron chi connectivity index (χ1n) is 3.42. The van der Waals surface area contributed by atoms with Crippen LogP contribution in [0, 0.1) is 11.8 Å². The van der Waals surface area contributed by atoms with E-state index in [1.807, 2.05) is 0 Å². The molecular formula is C8H7ClN2O. The molecule has 1 N–H and O–H groups in total. The summed E-state index contributed by atoms with van der Waals surface area (Å²) in [6.07, 6.45) is 3.59. The summed E-state index contributed by atoms with van der Waals surface area (Å²) in [5, 5.41) is 0. The lowest BCUT2D eigenvalue weighted by Crippen LogP contribution is -2.07. The highest BCUT2D eigenvalue weighted by Crippen LogP contribution is 1.87. The van der Waals surface area contributed by atoms with Crippen LogP contribution in [-0.2, 0) is 0 Å². The van der Waals surface area contributed by atoms with Gasteiger partial charge in [-0.3, -0.25) is 0 Å². The number of alkyl halides is 1. The van der Waals surface area contributed by atoms with Crippen molar-refractivity contribution in [1.82, 2.24) is 9.97 Å². The van der Waals surface area contributed by atoms with Crippen LogP contribution in [0.4, 0.5) is 0 Å². The lowest BCUT2D eigenvalue weighted by Gasteiger charge is -1.85. The summed E-state index contributed by atoms with van der Waals surface area (Å²) >= 11 is 5.42. The van der Waals surface area contributed by atoms with Crippen LogP contribution in [0.1, 0.15) is 12.0 Å². The van der Waals surface area contributed by atoms with E-state index < -0.39 is 0 Å². The Morgan fingerprint density at radius 1 is 1.67 bits per heavy atom. The molecule has 0 atom stereocenters. The van der Waals surface area contributed by atoms with Gasteiger partial charge in [-0.15, -0.1) is 11.6 Å². The van der Waals surface area contributed by atoms with E-state index in [2.05, 4.69) is 21.8 Å². The predicted octanol–water partition coefficient (Wildman–Crippen LogP) is 0.750. The SMILES string of the molecule is O=c1ncc(C#CCCCl)c[nH]1. The fourth-order valence-electron chi connectivity index (χ4n) is 0.622. The molecule has 0 unspecified atom stereocenters. The zero-order valence-corrected chi connectivity index (χ0v) is 7.06. The third-order valence-electron chi connectivity index (χ3n) is 1.12. The molecule has 0 aromatic carbocycles. The van der Waals surface area contributed by atoms with Gasteiger partial charge in [-0.1, -0.05) is 11.8 Å². The summed E-state index contributed by atoms with van der Waals surface area (Å²) < 4.78 is 0. The fourth-order valence-corrected chi connectivity index (χ4v) is 0.717. The van der Waals surface area contributed by atoms with Crippen LogP contribution in [0.5, 0.6) is 0 Å². The van der Waals surface area contributed by atoms with Gasteiger partial charge in [0.15, 0.2) is 0 Å². The van der Waals surface area contributed by atoms with Crippen molar-refractivity contribution < 1.29 is 0 Å². The minimum atomic E-state index is -0.363. The molecule has 0 bridgehead atoms. The summed E-state index contributed by atoms with van der Waals surface area (Å²) in [5.74, 6) is 6.15. The number of aromatic nitrogens is 2. The van der Waals surface area contributed by atoms with Gasteiger partial charge in [-0.25, -0.2) is 9.78 Å². The Morgan fingerprint density at radius 2 is 2.50 bits per heavy atom. The highest BCUT2D eigenvalue weighted by atomic mass is 35.5. The molecule has 0 saturated carbocycles. The second-order valence-electron chi connectivity index (χ2n) is 2.05. The second-order valence-corrected chi connectivity index (χ2v) is 2.43. The van der Waals surface area contributed by atoms with Crippen molar-refractivity contribution in [3.05, 3.63) is 28.4 Å². The number of nitrogens with zero attached hydrogens (tertiary/aromatic N) is 1. The number of aromatic amines is 1. The van der Waals surface area contributed by atoms with Gasteiger partial charge < -0.3 is 4.98 Å². The second kappa shape index (κ2) is 4.58. The van der Waals surface area contributed by atoms with E-state index >= 15 is 0 Å². The van der Waals surface area contributed by atoms with E-state index in [9.17, 15) is 4.79 Å². The molecule has 0 amide bonds. The van der Waals surface area contributed by atoms with Crippen LogP contribution in [0.25, 0.3) is 0 Å². The molecule has 0 aliphatic heterocycles. The molecule has 1 rings (SSSR count). The fraction of sp³-hybridized carbons (Fsp3) is 0.250. The van der Waals surface area contributed by atoms with Crippen molar-refractivity contribution in [1.29, 1.82) is 0 Å². The van der Waals surface area contributed by atoms with Gasteiger partial charge >= 0.3 is 5.69 Å². The summed E-state index contributed by atoms with van der Waals surface area (Å²) in [7, 11) is 0. The topological polar surface area (TPSA) is 45.8 Å². The number of rotatable bonds is 1. The quantitative estimate of drug-likeness (QED) is 0.515. The number of halogens is 1. The molecule has 0 aliphatic carbocycles. The molecule has 1 heterocycles. The number of H-pyrrole nitrogens is 1. The van der Waals surface area contributed by atoms with Gasteiger partial charge in [-0.05, 0) is 0 Å². The Labute approximate surface area is 74.8 Å². The average Bonchev–Trinajstić information content (AvgIpc) is 2.09. The van der Waals surface area contributed by atoms with E-state index in [0.29, 0.717) is 17.9 Å². The lowest BCUT2D eigenvalue weighted by atomic mass is 10.3. The number of hydrogen-bond acceptors (Lipinski definition) is 2. The highest BCUT2D eigenvalue weighted by molar-refractivity contribution is 6.18. The molecule has 0 radical (unpaired) electrons. The number of hydrogen-bond donors (Lipinski definition) is 1. The first-order valence-corrected chi connectivity index (χ1v) is 3.96. The van der Waals surface area contributed by atoms with Crippen molar-refractivity contribution in [2.45, 2.75) is 6.42 Å². The Balaban J connectivity index is 2.72. The first-order chi connectivity index (χ1) is 5.83. The van der Waals surface area contributed by atoms with E-state index in [-0.39, 0.29) is 5.69 Å². The van der Waals surface area contributed by atoms with Gasteiger partial charge in [0.25, 0.3) is 0 Å². The Kier molecular flexibility index (Phi) is 3.36. The van der Waals surface area contributed by atoms with Crippen LogP contribution >= 0.6 is 11.6 Å². The molecule has 4 heteroatoms. The maximum atomic E-state index is 10.5. The maximum absolute atomic E-state index is 10.5. The Hall–Kier alpha value is -1.27. The molecule has 0 aliphatic rings. The summed E-state index contributed by atoms with van der Waals surface area (Å²) in [5.41, 5.74) is 0.331. The highest BCUT2D eigenvalue weighted by Gasteiger charge is 1.85. The summed E-state index contributed by atoms with van der Waals surface area (Å²) in [6.45, 7) is 0. The maximum Gasteiger partial charge on any atom is 0.344 e. The van der Waals surface area contributed by atoms with Crippen molar-refractivity contribution in [3.8, 4) is 11.8 Å². The number of nitrogens with one attached hydrogen (secondary N) is 1. The van der Waals surface area contributed by atoms with Crippen LogP contribution in [0.2, 0.25) is 0 Å². The monoisotopic (exact) mass is 182 g/mol. The molecule has 1 aromatic heterocycles. The van der Waals surface area contributed by atoms with Crippen LogP contribution in [0.15, 0.2) is 17.2 Å². The average molecular weight is 183 g/mol. The van der Waals surface area contributed by atoms with E-state index in [1.54, 1.807) is 0 Å². The molecular weight excluding hydrogens is 176 g/mol. The largest absolute Gasteiger partial charge is 0.344 e. The van der Waals surface area contributed by atoms with Crippen molar-refractivity contribution in [2.24, 2.45) is 0 Å². The van der Waals surface area contributed by atoms with Crippen LogP contribution in [-0.4, -0.2) is 15.8 Å². The molecule has 3 nitrogen and oxygen atoms in total. The molecule has 0 spiro atoms. The predicted molar refractivity (Wildman–Crippen MR) is 47.1 cm³/mol. The Bertz CT molecular complexity index is 341. The van der Waals surface area contributed by atoms with Crippen LogP contribution < -0.4 is 5.69 Å². The summed E-state index contributed by atoms with van der Waals surface area (Å²) in [4.78, 5) is 16.5. The normalized spacial score (nSPS) is 8.75.